The first-order chi connectivity index (χ1) is 8.33. The van der Waals surface area contributed by atoms with E-state index >= 15 is 0 Å². The van der Waals surface area contributed by atoms with E-state index in [-0.39, 0.29) is 0 Å². The molecule has 1 aliphatic rings. The van der Waals surface area contributed by atoms with Gasteiger partial charge in [0.15, 0.2) is 0 Å². The summed E-state index contributed by atoms with van der Waals surface area (Å²) in [4.78, 5) is 4.32. The SMILES string of the molecule is Clc1cnc2ccc(C3CCNCC3)cc2c1. The van der Waals surface area contributed by atoms with E-state index in [0.29, 0.717) is 10.9 Å². The van der Waals surface area contributed by atoms with E-state index < -0.39 is 0 Å². The van der Waals surface area contributed by atoms with Crippen LogP contribution in [0.15, 0.2) is 30.5 Å². The summed E-state index contributed by atoms with van der Waals surface area (Å²) in [5.74, 6) is 0.680. The lowest BCUT2D eigenvalue weighted by molar-refractivity contribution is 0.460. The van der Waals surface area contributed by atoms with Crippen LogP contribution < -0.4 is 5.32 Å². The van der Waals surface area contributed by atoms with Crippen molar-refractivity contribution in [3.63, 3.8) is 0 Å². The molecule has 1 aromatic carbocycles. The second-order valence-corrected chi connectivity index (χ2v) is 5.07. The van der Waals surface area contributed by atoms with Gasteiger partial charge in [-0.05, 0) is 55.6 Å². The van der Waals surface area contributed by atoms with Gasteiger partial charge in [0.05, 0.1) is 10.5 Å². The molecule has 1 saturated heterocycles. The number of piperidine rings is 1. The summed E-state index contributed by atoms with van der Waals surface area (Å²) in [5, 5.41) is 5.25. The molecule has 0 spiro atoms. The first-order valence-corrected chi connectivity index (χ1v) is 6.47. The van der Waals surface area contributed by atoms with E-state index in [1.807, 2.05) is 6.07 Å². The third kappa shape index (κ3) is 2.28. The molecule has 88 valence electrons. The first kappa shape index (κ1) is 11.0. The van der Waals surface area contributed by atoms with Gasteiger partial charge >= 0.3 is 0 Å². The van der Waals surface area contributed by atoms with Gasteiger partial charge < -0.3 is 5.32 Å². The molecule has 0 saturated carbocycles. The molecule has 17 heavy (non-hydrogen) atoms. The molecule has 1 N–H and O–H groups in total. The molecule has 2 heterocycles. The van der Waals surface area contributed by atoms with E-state index in [1.54, 1.807) is 6.20 Å². The highest BCUT2D eigenvalue weighted by Crippen LogP contribution is 2.28. The number of nitrogens with zero attached hydrogens (tertiary/aromatic N) is 1. The first-order valence-electron chi connectivity index (χ1n) is 6.09. The second-order valence-electron chi connectivity index (χ2n) is 4.63. The largest absolute Gasteiger partial charge is 0.317 e. The van der Waals surface area contributed by atoms with Crippen molar-refractivity contribution in [1.82, 2.24) is 10.3 Å². The van der Waals surface area contributed by atoms with E-state index in [0.717, 1.165) is 24.0 Å². The maximum absolute atomic E-state index is 5.98. The summed E-state index contributed by atoms with van der Waals surface area (Å²) in [7, 11) is 0. The Kier molecular flexibility index (Phi) is 3.00. The fourth-order valence-corrected chi connectivity index (χ4v) is 2.70. The number of benzene rings is 1. The molecule has 3 rings (SSSR count). The normalized spacial score (nSPS) is 17.5. The monoisotopic (exact) mass is 246 g/mol. The highest BCUT2D eigenvalue weighted by atomic mass is 35.5. The van der Waals surface area contributed by atoms with Crippen LogP contribution in [0, 0.1) is 0 Å². The van der Waals surface area contributed by atoms with Crippen LogP contribution in [-0.2, 0) is 0 Å². The second kappa shape index (κ2) is 4.63. The minimum atomic E-state index is 0.680. The number of hydrogen-bond donors (Lipinski definition) is 1. The van der Waals surface area contributed by atoms with Gasteiger partial charge in [-0.1, -0.05) is 17.7 Å². The van der Waals surface area contributed by atoms with Crippen molar-refractivity contribution in [3.8, 4) is 0 Å². The quantitative estimate of drug-likeness (QED) is 0.835. The van der Waals surface area contributed by atoms with Gasteiger partial charge in [0.25, 0.3) is 0 Å². The van der Waals surface area contributed by atoms with Crippen LogP contribution in [0.1, 0.15) is 24.3 Å². The van der Waals surface area contributed by atoms with Crippen molar-refractivity contribution < 1.29 is 0 Å². The van der Waals surface area contributed by atoms with Gasteiger partial charge in [0.2, 0.25) is 0 Å². The maximum Gasteiger partial charge on any atom is 0.0703 e. The number of halogens is 1. The van der Waals surface area contributed by atoms with Crippen LogP contribution in [0.5, 0.6) is 0 Å². The molecule has 0 radical (unpaired) electrons. The molecule has 0 unspecified atom stereocenters. The smallest absolute Gasteiger partial charge is 0.0703 e. The minimum absolute atomic E-state index is 0.680. The Balaban J connectivity index is 1.99. The fourth-order valence-electron chi connectivity index (χ4n) is 2.53. The van der Waals surface area contributed by atoms with Crippen molar-refractivity contribution in [1.29, 1.82) is 0 Å². The van der Waals surface area contributed by atoms with Gasteiger partial charge in [0, 0.05) is 11.6 Å². The zero-order valence-electron chi connectivity index (χ0n) is 9.62. The van der Waals surface area contributed by atoms with Crippen LogP contribution in [0.3, 0.4) is 0 Å². The third-order valence-corrected chi connectivity index (χ3v) is 3.69. The van der Waals surface area contributed by atoms with Crippen LogP contribution in [0.25, 0.3) is 10.9 Å². The van der Waals surface area contributed by atoms with E-state index in [9.17, 15) is 0 Å². The summed E-state index contributed by atoms with van der Waals surface area (Å²) in [6, 6.07) is 8.54. The summed E-state index contributed by atoms with van der Waals surface area (Å²) < 4.78 is 0. The van der Waals surface area contributed by atoms with Crippen LogP contribution in [0.2, 0.25) is 5.02 Å². The minimum Gasteiger partial charge on any atom is -0.317 e. The van der Waals surface area contributed by atoms with Gasteiger partial charge in [0.1, 0.15) is 0 Å². The Labute approximate surface area is 106 Å². The number of aromatic nitrogens is 1. The third-order valence-electron chi connectivity index (χ3n) is 3.48. The summed E-state index contributed by atoms with van der Waals surface area (Å²) in [5.41, 5.74) is 2.44. The summed E-state index contributed by atoms with van der Waals surface area (Å²) >= 11 is 5.98. The molecule has 1 aliphatic heterocycles. The predicted molar refractivity (Wildman–Crippen MR) is 71.6 cm³/mol. The number of rotatable bonds is 1. The average Bonchev–Trinajstić information content (AvgIpc) is 2.39. The lowest BCUT2D eigenvalue weighted by Crippen LogP contribution is -2.26. The molecule has 1 fully saturated rings. The molecule has 3 heteroatoms. The molecule has 2 nitrogen and oxygen atoms in total. The van der Waals surface area contributed by atoms with Crippen LogP contribution in [-0.4, -0.2) is 18.1 Å². The van der Waals surface area contributed by atoms with E-state index in [4.69, 9.17) is 11.6 Å². The van der Waals surface area contributed by atoms with Crippen molar-refractivity contribution in [2.24, 2.45) is 0 Å². The fraction of sp³-hybridized carbons (Fsp3) is 0.357. The zero-order chi connectivity index (χ0) is 11.7. The molecule has 0 atom stereocenters. The van der Waals surface area contributed by atoms with Crippen molar-refractivity contribution in [3.05, 3.63) is 41.0 Å². The molecular formula is C14H15ClN2. The predicted octanol–water partition coefficient (Wildman–Crippen LogP) is 3.36. The highest BCUT2D eigenvalue weighted by molar-refractivity contribution is 6.31. The molecule has 0 bridgehead atoms. The Hall–Kier alpha value is -1.12. The average molecular weight is 247 g/mol. The van der Waals surface area contributed by atoms with Gasteiger partial charge in [-0.15, -0.1) is 0 Å². The molecule has 0 amide bonds. The van der Waals surface area contributed by atoms with Crippen molar-refractivity contribution in [2.75, 3.05) is 13.1 Å². The van der Waals surface area contributed by atoms with E-state index in [2.05, 4.69) is 28.5 Å². The Morgan fingerprint density at radius 3 is 2.82 bits per heavy atom. The molecule has 2 aromatic rings. The van der Waals surface area contributed by atoms with E-state index in [1.165, 1.54) is 18.4 Å². The lowest BCUT2D eigenvalue weighted by atomic mass is 9.89. The van der Waals surface area contributed by atoms with Crippen LogP contribution >= 0.6 is 11.6 Å². The molecule has 0 aliphatic carbocycles. The molecular weight excluding hydrogens is 232 g/mol. The maximum atomic E-state index is 5.98. The number of hydrogen-bond acceptors (Lipinski definition) is 2. The highest BCUT2D eigenvalue weighted by Gasteiger charge is 2.15. The Morgan fingerprint density at radius 1 is 1.18 bits per heavy atom. The number of fused-ring (bicyclic) bond motifs is 1. The number of nitrogens with one attached hydrogen (secondary N) is 1. The Bertz CT molecular complexity index is 533. The summed E-state index contributed by atoms with van der Waals surface area (Å²) in [6.07, 6.45) is 4.15. The topological polar surface area (TPSA) is 24.9 Å². The van der Waals surface area contributed by atoms with Gasteiger partial charge in [-0.2, -0.15) is 0 Å². The van der Waals surface area contributed by atoms with Crippen LogP contribution in [0.4, 0.5) is 0 Å². The Morgan fingerprint density at radius 2 is 2.00 bits per heavy atom. The standard InChI is InChI=1S/C14H15ClN2/c15-13-8-12-7-11(1-2-14(12)17-9-13)10-3-5-16-6-4-10/h1-2,7-10,16H,3-6H2. The zero-order valence-corrected chi connectivity index (χ0v) is 10.4. The number of pyridine rings is 1. The van der Waals surface area contributed by atoms with Gasteiger partial charge in [-0.25, -0.2) is 0 Å². The van der Waals surface area contributed by atoms with Crippen molar-refractivity contribution >= 4 is 22.5 Å². The van der Waals surface area contributed by atoms with Gasteiger partial charge in [-0.3, -0.25) is 4.98 Å². The summed E-state index contributed by atoms with van der Waals surface area (Å²) in [6.45, 7) is 2.24. The molecule has 1 aromatic heterocycles. The van der Waals surface area contributed by atoms with Crippen molar-refractivity contribution in [2.45, 2.75) is 18.8 Å². The lowest BCUT2D eigenvalue weighted by Gasteiger charge is -2.23.